The van der Waals surface area contributed by atoms with Crippen molar-refractivity contribution in [3.8, 4) is 6.07 Å². The van der Waals surface area contributed by atoms with Gasteiger partial charge in [0, 0.05) is 16.8 Å². The van der Waals surface area contributed by atoms with Crippen LogP contribution >= 0.6 is 11.3 Å². The summed E-state index contributed by atoms with van der Waals surface area (Å²) in [6.07, 6.45) is 1.66. The van der Waals surface area contributed by atoms with Crippen LogP contribution in [0.1, 0.15) is 30.5 Å². The molecule has 0 spiro atoms. The van der Waals surface area contributed by atoms with E-state index in [2.05, 4.69) is 47.7 Å². The van der Waals surface area contributed by atoms with Gasteiger partial charge in [-0.2, -0.15) is 5.26 Å². The van der Waals surface area contributed by atoms with Gasteiger partial charge in [0.2, 0.25) is 0 Å². The summed E-state index contributed by atoms with van der Waals surface area (Å²) in [5.74, 6) is 0.474. The summed E-state index contributed by atoms with van der Waals surface area (Å²) in [5.41, 5.74) is 1.38. The maximum absolute atomic E-state index is 8.85. The zero-order chi connectivity index (χ0) is 13.0. The van der Waals surface area contributed by atoms with Crippen molar-refractivity contribution in [1.82, 2.24) is 4.98 Å². The number of nitriles is 1. The van der Waals surface area contributed by atoms with Crippen molar-refractivity contribution in [2.75, 3.05) is 5.32 Å². The molecule has 0 aromatic carbocycles. The SMILES string of the molecule is CC(C)C(Nc1ccnc(C#N)c1)c1cccs1. The second-order valence-electron chi connectivity index (χ2n) is 4.42. The van der Waals surface area contributed by atoms with E-state index >= 15 is 0 Å². The molecule has 0 aliphatic rings. The van der Waals surface area contributed by atoms with Gasteiger partial charge >= 0.3 is 0 Å². The van der Waals surface area contributed by atoms with Gasteiger partial charge in [-0.1, -0.05) is 19.9 Å². The summed E-state index contributed by atoms with van der Waals surface area (Å²) < 4.78 is 0. The summed E-state index contributed by atoms with van der Waals surface area (Å²) in [4.78, 5) is 5.28. The van der Waals surface area contributed by atoms with E-state index < -0.39 is 0 Å². The van der Waals surface area contributed by atoms with Crippen LogP contribution in [0.25, 0.3) is 0 Å². The number of aromatic nitrogens is 1. The quantitative estimate of drug-likeness (QED) is 0.905. The van der Waals surface area contributed by atoms with E-state index in [4.69, 9.17) is 5.26 Å². The van der Waals surface area contributed by atoms with E-state index in [1.807, 2.05) is 6.07 Å². The molecule has 1 N–H and O–H groups in total. The first-order chi connectivity index (χ1) is 8.70. The topological polar surface area (TPSA) is 48.7 Å². The molecule has 92 valence electrons. The molecule has 0 aliphatic heterocycles. The Balaban J connectivity index is 2.22. The van der Waals surface area contributed by atoms with E-state index in [1.54, 1.807) is 23.6 Å². The maximum atomic E-state index is 8.85. The zero-order valence-electron chi connectivity index (χ0n) is 10.4. The van der Waals surface area contributed by atoms with Crippen LogP contribution in [0.2, 0.25) is 0 Å². The number of anilines is 1. The highest BCUT2D eigenvalue weighted by atomic mass is 32.1. The van der Waals surface area contributed by atoms with Gasteiger partial charge in [-0.05, 0) is 29.5 Å². The van der Waals surface area contributed by atoms with Gasteiger partial charge in [0.1, 0.15) is 11.8 Å². The highest BCUT2D eigenvalue weighted by molar-refractivity contribution is 7.10. The van der Waals surface area contributed by atoms with Gasteiger partial charge < -0.3 is 5.32 Å². The van der Waals surface area contributed by atoms with Gasteiger partial charge in [-0.15, -0.1) is 11.3 Å². The lowest BCUT2D eigenvalue weighted by molar-refractivity contribution is 0.554. The Bertz CT molecular complexity index is 540. The minimum absolute atomic E-state index is 0.263. The molecule has 0 fully saturated rings. The molecule has 18 heavy (non-hydrogen) atoms. The van der Waals surface area contributed by atoms with Crippen molar-refractivity contribution in [2.45, 2.75) is 19.9 Å². The lowest BCUT2D eigenvalue weighted by atomic mass is 10.0. The number of nitrogens with one attached hydrogen (secondary N) is 1. The standard InChI is InChI=1S/C14H15N3S/c1-10(2)14(13-4-3-7-18-13)17-11-5-6-16-12(8-11)9-15/h3-8,10,14H,1-2H3,(H,16,17). The van der Waals surface area contributed by atoms with Crippen LogP contribution in [0, 0.1) is 17.2 Å². The molecule has 3 nitrogen and oxygen atoms in total. The molecule has 1 atom stereocenters. The Morgan fingerprint density at radius 1 is 1.39 bits per heavy atom. The van der Waals surface area contributed by atoms with Gasteiger partial charge in [-0.25, -0.2) is 4.98 Å². The largest absolute Gasteiger partial charge is 0.377 e. The monoisotopic (exact) mass is 257 g/mol. The summed E-state index contributed by atoms with van der Waals surface area (Å²) in [5, 5.41) is 14.4. The predicted octanol–water partition coefficient (Wildman–Crippen LogP) is 3.82. The molecular weight excluding hydrogens is 242 g/mol. The number of thiophene rings is 1. The second kappa shape index (κ2) is 5.65. The first-order valence-corrected chi connectivity index (χ1v) is 6.74. The number of hydrogen-bond donors (Lipinski definition) is 1. The summed E-state index contributed by atoms with van der Waals surface area (Å²) in [6.45, 7) is 4.37. The van der Waals surface area contributed by atoms with Gasteiger partial charge in [0.25, 0.3) is 0 Å². The van der Waals surface area contributed by atoms with Crippen molar-refractivity contribution in [2.24, 2.45) is 5.92 Å². The van der Waals surface area contributed by atoms with Crippen molar-refractivity contribution < 1.29 is 0 Å². The third kappa shape index (κ3) is 2.88. The second-order valence-corrected chi connectivity index (χ2v) is 5.40. The van der Waals surface area contributed by atoms with Gasteiger partial charge in [-0.3, -0.25) is 0 Å². The van der Waals surface area contributed by atoms with Crippen LogP contribution < -0.4 is 5.32 Å². The number of nitrogens with zero attached hydrogens (tertiary/aromatic N) is 2. The molecule has 1 unspecified atom stereocenters. The average Bonchev–Trinajstić information content (AvgIpc) is 2.89. The highest BCUT2D eigenvalue weighted by Gasteiger charge is 2.16. The molecule has 0 bridgehead atoms. The third-order valence-corrected chi connectivity index (χ3v) is 3.67. The molecular formula is C14H15N3S. The Morgan fingerprint density at radius 2 is 2.22 bits per heavy atom. The normalized spacial score (nSPS) is 12.1. The van der Waals surface area contributed by atoms with Crippen LogP contribution in [0.4, 0.5) is 5.69 Å². The first-order valence-electron chi connectivity index (χ1n) is 5.87. The minimum atomic E-state index is 0.263. The third-order valence-electron chi connectivity index (χ3n) is 2.71. The van der Waals surface area contributed by atoms with E-state index in [0.29, 0.717) is 11.6 Å². The van der Waals surface area contributed by atoms with Crippen LogP contribution in [0.15, 0.2) is 35.8 Å². The highest BCUT2D eigenvalue weighted by Crippen LogP contribution is 2.29. The summed E-state index contributed by atoms with van der Waals surface area (Å²) in [7, 11) is 0. The van der Waals surface area contributed by atoms with Crippen LogP contribution in [-0.2, 0) is 0 Å². The molecule has 4 heteroatoms. The number of pyridine rings is 1. The van der Waals surface area contributed by atoms with E-state index in [9.17, 15) is 0 Å². The Hall–Kier alpha value is -1.86. The molecule has 0 aliphatic carbocycles. The fraction of sp³-hybridized carbons (Fsp3) is 0.286. The van der Waals surface area contributed by atoms with Crippen LogP contribution in [0.5, 0.6) is 0 Å². The molecule has 0 amide bonds. The molecule has 2 aromatic rings. The fourth-order valence-corrected chi connectivity index (χ4v) is 2.74. The smallest absolute Gasteiger partial charge is 0.142 e. The Labute approximate surface area is 111 Å². The number of hydrogen-bond acceptors (Lipinski definition) is 4. The van der Waals surface area contributed by atoms with E-state index in [-0.39, 0.29) is 6.04 Å². The first kappa shape index (κ1) is 12.6. The molecule has 0 saturated heterocycles. The summed E-state index contributed by atoms with van der Waals surface area (Å²) >= 11 is 1.75. The molecule has 2 aromatic heterocycles. The Kier molecular flexibility index (Phi) is 3.96. The predicted molar refractivity (Wildman–Crippen MR) is 74.5 cm³/mol. The molecule has 2 heterocycles. The fourth-order valence-electron chi connectivity index (χ4n) is 1.80. The minimum Gasteiger partial charge on any atom is -0.377 e. The van der Waals surface area contributed by atoms with Crippen LogP contribution in [0.3, 0.4) is 0 Å². The molecule has 0 radical (unpaired) electrons. The number of rotatable bonds is 4. The lowest BCUT2D eigenvalue weighted by Crippen LogP contribution is -2.15. The van der Waals surface area contributed by atoms with Gasteiger partial charge in [0.15, 0.2) is 0 Å². The van der Waals surface area contributed by atoms with E-state index in [0.717, 1.165) is 5.69 Å². The van der Waals surface area contributed by atoms with E-state index in [1.165, 1.54) is 4.88 Å². The average molecular weight is 257 g/mol. The molecule has 0 saturated carbocycles. The maximum Gasteiger partial charge on any atom is 0.142 e. The molecule has 2 rings (SSSR count). The van der Waals surface area contributed by atoms with Crippen molar-refractivity contribution >= 4 is 17.0 Å². The van der Waals surface area contributed by atoms with Crippen molar-refractivity contribution in [3.63, 3.8) is 0 Å². The summed E-state index contributed by atoms with van der Waals surface area (Å²) in [6, 6.07) is 10.2. The van der Waals surface area contributed by atoms with Crippen molar-refractivity contribution in [1.29, 1.82) is 5.26 Å². The Morgan fingerprint density at radius 3 is 2.83 bits per heavy atom. The van der Waals surface area contributed by atoms with Gasteiger partial charge in [0.05, 0.1) is 6.04 Å². The zero-order valence-corrected chi connectivity index (χ0v) is 11.2. The van der Waals surface area contributed by atoms with Crippen molar-refractivity contribution in [3.05, 3.63) is 46.4 Å². The lowest BCUT2D eigenvalue weighted by Gasteiger charge is -2.22. The van der Waals surface area contributed by atoms with Crippen LogP contribution in [-0.4, -0.2) is 4.98 Å².